The van der Waals surface area contributed by atoms with Gasteiger partial charge in [-0.2, -0.15) is 0 Å². The van der Waals surface area contributed by atoms with E-state index in [2.05, 4.69) is 38.5 Å². The maximum absolute atomic E-state index is 13.0. The summed E-state index contributed by atoms with van der Waals surface area (Å²) < 4.78 is 1.70. The lowest BCUT2D eigenvalue weighted by Gasteiger charge is -2.35. The van der Waals surface area contributed by atoms with Crippen molar-refractivity contribution in [3.05, 3.63) is 65.5 Å². The average molecular weight is 390 g/mol. The molecule has 2 aromatic carbocycles. The molecule has 0 unspecified atom stereocenters. The number of rotatable bonds is 4. The number of nitrogens with one attached hydrogen (secondary N) is 1. The average Bonchev–Trinajstić information content (AvgIpc) is 3.11. The minimum absolute atomic E-state index is 0.247. The van der Waals surface area contributed by atoms with Gasteiger partial charge in [-0.25, -0.2) is 4.68 Å². The van der Waals surface area contributed by atoms with Gasteiger partial charge in [-0.05, 0) is 50.7 Å². The van der Waals surface area contributed by atoms with Gasteiger partial charge in [-0.3, -0.25) is 4.79 Å². The molecule has 1 N–H and O–H groups in total. The summed E-state index contributed by atoms with van der Waals surface area (Å²) in [7, 11) is 2.13. The highest BCUT2D eigenvalue weighted by atomic mass is 16.2. The predicted octanol–water partition coefficient (Wildman–Crippen LogP) is 2.89. The van der Waals surface area contributed by atoms with Crippen LogP contribution in [0.1, 0.15) is 21.7 Å². The molecular weight excluding hydrogens is 364 g/mol. The van der Waals surface area contributed by atoms with Crippen LogP contribution in [0.5, 0.6) is 0 Å². The highest BCUT2D eigenvalue weighted by Crippen LogP contribution is 2.27. The number of benzene rings is 2. The molecule has 0 spiro atoms. The van der Waals surface area contributed by atoms with Gasteiger partial charge in [0.25, 0.3) is 5.91 Å². The fourth-order valence-electron chi connectivity index (χ4n) is 3.63. The molecule has 0 radical (unpaired) electrons. The summed E-state index contributed by atoms with van der Waals surface area (Å²) in [5, 5.41) is 11.4. The molecule has 3 aromatic rings. The molecule has 0 saturated carbocycles. The van der Waals surface area contributed by atoms with Gasteiger partial charge in [0.1, 0.15) is 0 Å². The summed E-state index contributed by atoms with van der Waals surface area (Å²) >= 11 is 0. The van der Waals surface area contributed by atoms with Crippen LogP contribution in [-0.2, 0) is 0 Å². The molecule has 1 fully saturated rings. The number of carbonyl (C=O) groups excluding carboxylic acids is 1. The second-order valence-corrected chi connectivity index (χ2v) is 7.54. The highest BCUT2D eigenvalue weighted by Gasteiger charge is 2.21. The standard InChI is InChI=1S/C22H26N6O/c1-16-7-6-8-18(15-16)28-17(2)21(24-25-28)22(29)23-19-9-4-5-10-20(19)27-13-11-26(3)12-14-27/h4-10,15H,11-14H2,1-3H3,(H,23,29). The molecule has 2 heterocycles. The molecule has 29 heavy (non-hydrogen) atoms. The van der Waals surface area contributed by atoms with E-state index < -0.39 is 0 Å². The van der Waals surface area contributed by atoms with Crippen LogP contribution in [0.15, 0.2) is 48.5 Å². The van der Waals surface area contributed by atoms with Gasteiger partial charge in [0.15, 0.2) is 5.69 Å². The maximum atomic E-state index is 13.0. The Balaban J connectivity index is 1.57. The fourth-order valence-corrected chi connectivity index (χ4v) is 3.63. The Bertz CT molecular complexity index is 1020. The second kappa shape index (κ2) is 8.05. The summed E-state index contributed by atoms with van der Waals surface area (Å²) in [4.78, 5) is 17.6. The number of aromatic nitrogens is 3. The van der Waals surface area contributed by atoms with Crippen LogP contribution in [0.3, 0.4) is 0 Å². The number of hydrogen-bond donors (Lipinski definition) is 1. The number of likely N-dealkylation sites (N-methyl/N-ethyl adjacent to an activating group) is 1. The zero-order valence-corrected chi connectivity index (χ0v) is 17.1. The van der Waals surface area contributed by atoms with E-state index in [-0.39, 0.29) is 5.91 Å². The van der Waals surface area contributed by atoms with Crippen molar-refractivity contribution in [1.82, 2.24) is 19.9 Å². The number of nitrogens with zero attached hydrogens (tertiary/aromatic N) is 5. The molecule has 1 saturated heterocycles. The Kier molecular flexibility index (Phi) is 5.31. The fraction of sp³-hybridized carbons (Fsp3) is 0.318. The zero-order chi connectivity index (χ0) is 20.4. The van der Waals surface area contributed by atoms with Crippen molar-refractivity contribution in [2.45, 2.75) is 13.8 Å². The summed E-state index contributed by atoms with van der Waals surface area (Å²) in [6.45, 7) is 7.78. The summed E-state index contributed by atoms with van der Waals surface area (Å²) in [5.41, 5.74) is 4.91. The summed E-state index contributed by atoms with van der Waals surface area (Å²) in [6.07, 6.45) is 0. The largest absolute Gasteiger partial charge is 0.367 e. The van der Waals surface area contributed by atoms with Crippen molar-refractivity contribution in [1.29, 1.82) is 0 Å². The molecule has 7 nitrogen and oxygen atoms in total. The first-order valence-electron chi connectivity index (χ1n) is 9.86. The van der Waals surface area contributed by atoms with Crippen LogP contribution in [0.4, 0.5) is 11.4 Å². The molecular formula is C22H26N6O. The van der Waals surface area contributed by atoms with E-state index in [1.165, 1.54) is 0 Å². The molecule has 150 valence electrons. The molecule has 1 aliphatic heterocycles. The molecule has 1 amide bonds. The van der Waals surface area contributed by atoms with Crippen molar-refractivity contribution in [2.75, 3.05) is 43.4 Å². The van der Waals surface area contributed by atoms with Gasteiger partial charge in [-0.15, -0.1) is 5.10 Å². The van der Waals surface area contributed by atoms with E-state index in [0.29, 0.717) is 11.4 Å². The van der Waals surface area contributed by atoms with E-state index in [9.17, 15) is 4.79 Å². The third-order valence-corrected chi connectivity index (χ3v) is 5.35. The molecule has 0 atom stereocenters. The third kappa shape index (κ3) is 4.00. The summed E-state index contributed by atoms with van der Waals surface area (Å²) in [6, 6.07) is 15.9. The normalized spacial score (nSPS) is 14.8. The topological polar surface area (TPSA) is 66.3 Å². The number of para-hydroxylation sites is 2. The van der Waals surface area contributed by atoms with E-state index in [4.69, 9.17) is 0 Å². The van der Waals surface area contributed by atoms with Crippen LogP contribution in [0, 0.1) is 13.8 Å². The first-order valence-corrected chi connectivity index (χ1v) is 9.86. The summed E-state index contributed by atoms with van der Waals surface area (Å²) in [5.74, 6) is -0.247. The number of amides is 1. The van der Waals surface area contributed by atoms with Crippen molar-refractivity contribution < 1.29 is 4.79 Å². The molecule has 0 aliphatic carbocycles. The first kappa shape index (κ1) is 19.1. The molecule has 0 bridgehead atoms. The molecule has 1 aromatic heterocycles. The monoisotopic (exact) mass is 390 g/mol. The Labute approximate surface area is 170 Å². The van der Waals surface area contributed by atoms with Gasteiger partial charge in [0.05, 0.1) is 22.8 Å². The SMILES string of the molecule is Cc1cccc(-n2nnc(C(=O)Nc3ccccc3N3CCN(C)CC3)c2C)c1. The van der Waals surface area contributed by atoms with Gasteiger partial charge in [-0.1, -0.05) is 29.5 Å². The zero-order valence-electron chi connectivity index (χ0n) is 17.1. The number of carbonyl (C=O) groups is 1. The molecule has 4 rings (SSSR count). The van der Waals surface area contributed by atoms with Crippen LogP contribution in [-0.4, -0.2) is 59.0 Å². The van der Waals surface area contributed by atoms with E-state index in [1.54, 1.807) is 4.68 Å². The van der Waals surface area contributed by atoms with Gasteiger partial charge < -0.3 is 15.1 Å². The maximum Gasteiger partial charge on any atom is 0.278 e. The van der Waals surface area contributed by atoms with E-state index in [1.807, 2.05) is 56.3 Å². The minimum Gasteiger partial charge on any atom is -0.367 e. The smallest absolute Gasteiger partial charge is 0.278 e. The van der Waals surface area contributed by atoms with Crippen LogP contribution in [0.2, 0.25) is 0 Å². The lowest BCUT2D eigenvalue weighted by atomic mass is 10.2. The minimum atomic E-state index is -0.247. The Morgan fingerprint density at radius 3 is 2.52 bits per heavy atom. The molecule has 1 aliphatic rings. The Hall–Kier alpha value is -3.19. The van der Waals surface area contributed by atoms with E-state index >= 15 is 0 Å². The predicted molar refractivity (Wildman–Crippen MR) is 115 cm³/mol. The lowest BCUT2D eigenvalue weighted by Crippen LogP contribution is -2.44. The van der Waals surface area contributed by atoms with Crippen molar-refractivity contribution in [2.24, 2.45) is 0 Å². The van der Waals surface area contributed by atoms with Crippen LogP contribution < -0.4 is 10.2 Å². The Morgan fingerprint density at radius 2 is 1.76 bits per heavy atom. The molecule has 7 heteroatoms. The number of anilines is 2. The quantitative estimate of drug-likeness (QED) is 0.742. The van der Waals surface area contributed by atoms with E-state index in [0.717, 1.165) is 48.8 Å². The third-order valence-electron chi connectivity index (χ3n) is 5.35. The first-order chi connectivity index (χ1) is 14.0. The lowest BCUT2D eigenvalue weighted by molar-refractivity contribution is 0.102. The Morgan fingerprint density at radius 1 is 1.00 bits per heavy atom. The van der Waals surface area contributed by atoms with Crippen molar-refractivity contribution in [3.63, 3.8) is 0 Å². The van der Waals surface area contributed by atoms with Gasteiger partial charge in [0.2, 0.25) is 0 Å². The highest BCUT2D eigenvalue weighted by molar-refractivity contribution is 6.05. The van der Waals surface area contributed by atoms with Crippen LogP contribution in [0.25, 0.3) is 5.69 Å². The number of piperazine rings is 1. The van der Waals surface area contributed by atoms with Crippen molar-refractivity contribution >= 4 is 17.3 Å². The van der Waals surface area contributed by atoms with Crippen molar-refractivity contribution in [3.8, 4) is 5.69 Å². The van der Waals surface area contributed by atoms with Gasteiger partial charge >= 0.3 is 0 Å². The number of hydrogen-bond acceptors (Lipinski definition) is 5. The van der Waals surface area contributed by atoms with Crippen LogP contribution >= 0.6 is 0 Å². The second-order valence-electron chi connectivity index (χ2n) is 7.54. The van der Waals surface area contributed by atoms with Gasteiger partial charge in [0, 0.05) is 26.2 Å². The number of aryl methyl sites for hydroxylation is 1.